The number of rotatable bonds is 0. The van der Waals surface area contributed by atoms with Crippen LogP contribution in [0.3, 0.4) is 0 Å². The van der Waals surface area contributed by atoms with Crippen LogP contribution in [0.15, 0.2) is 0 Å². The van der Waals surface area contributed by atoms with Crippen LogP contribution in [0, 0.1) is 35.5 Å². The van der Waals surface area contributed by atoms with E-state index in [0.29, 0.717) is 0 Å². The third-order valence-electron chi connectivity index (χ3n) is 7.17. The molecule has 1 heteroatoms. The van der Waals surface area contributed by atoms with Crippen molar-refractivity contribution in [1.82, 2.24) is 0 Å². The molecule has 0 aromatic rings. The number of hydrogen-bond donors (Lipinski definition) is 0. The van der Waals surface area contributed by atoms with Crippen LogP contribution in [-0.4, -0.2) is 0 Å². The summed E-state index contributed by atoms with van der Waals surface area (Å²) in [6, 6.07) is 0. The van der Waals surface area contributed by atoms with Crippen LogP contribution in [-0.2, 0) is 17.4 Å². The van der Waals surface area contributed by atoms with Crippen LogP contribution in [0.5, 0.6) is 0 Å². The van der Waals surface area contributed by atoms with E-state index in [4.69, 9.17) is 0 Å². The summed E-state index contributed by atoms with van der Waals surface area (Å²) in [5, 5.41) is 0. The van der Waals surface area contributed by atoms with Crippen molar-refractivity contribution in [3.8, 4) is 0 Å². The first-order valence-corrected chi connectivity index (χ1v) is 9.86. The molecule has 0 unspecified atom stereocenters. The molecule has 0 heterocycles. The van der Waals surface area contributed by atoms with Gasteiger partial charge in [0, 0.05) is 0 Å². The van der Waals surface area contributed by atoms with E-state index in [1.54, 1.807) is 0 Å². The van der Waals surface area contributed by atoms with Gasteiger partial charge in [-0.3, -0.25) is 0 Å². The molecule has 0 aromatic heterocycles. The van der Waals surface area contributed by atoms with Crippen molar-refractivity contribution < 1.29 is 17.4 Å². The summed E-state index contributed by atoms with van der Waals surface area (Å²) in [5.74, 6) is 9.00. The Labute approximate surface area is 149 Å². The van der Waals surface area contributed by atoms with Crippen molar-refractivity contribution >= 4 is 0 Å². The predicted octanol–water partition coefficient (Wildman–Crippen LogP) is 6.46. The molecule has 0 saturated heterocycles. The van der Waals surface area contributed by atoms with E-state index in [0.717, 1.165) is 17.8 Å². The maximum Gasteiger partial charge on any atom is 3.00 e. The minimum atomic E-state index is 0. The fourth-order valence-corrected chi connectivity index (χ4v) is 5.71. The second kappa shape index (κ2) is 8.07. The standard InChI is InChI=1S/3C7H11.Cr/c3*1-2-7-4-3-6(1)5-7;/h3*6H,1-5H2;/q3*-1;+3. The Bertz CT molecular complexity index is 232. The molecule has 0 N–H and O–H groups in total. The molecule has 0 atom stereocenters. The van der Waals surface area contributed by atoms with Crippen molar-refractivity contribution in [1.29, 1.82) is 0 Å². The van der Waals surface area contributed by atoms with Crippen LogP contribution in [0.4, 0.5) is 0 Å². The molecule has 6 bridgehead atoms. The molecule has 6 aliphatic carbocycles. The molecule has 6 saturated carbocycles. The maximum absolute atomic E-state index is 1.87. The first kappa shape index (κ1) is 17.4. The molecule has 0 spiro atoms. The molecule has 0 nitrogen and oxygen atoms in total. The van der Waals surface area contributed by atoms with Gasteiger partial charge in [-0.15, -0.1) is 0 Å². The van der Waals surface area contributed by atoms with Gasteiger partial charge in [-0.1, -0.05) is 56.3 Å². The van der Waals surface area contributed by atoms with Crippen LogP contribution in [0.25, 0.3) is 0 Å². The Morgan fingerprint density at radius 1 is 0.409 bits per heavy atom. The van der Waals surface area contributed by atoms with Crippen LogP contribution < -0.4 is 0 Å². The zero-order valence-corrected chi connectivity index (χ0v) is 15.5. The van der Waals surface area contributed by atoms with E-state index < -0.39 is 0 Å². The van der Waals surface area contributed by atoms with Gasteiger partial charge in [-0.2, -0.15) is 57.8 Å². The van der Waals surface area contributed by atoms with Gasteiger partial charge in [0.25, 0.3) is 0 Å². The third kappa shape index (κ3) is 4.33. The van der Waals surface area contributed by atoms with E-state index in [1.807, 2.05) is 17.8 Å². The summed E-state index contributed by atoms with van der Waals surface area (Å²) >= 11 is 0. The molecule has 1 radical (unpaired) electrons. The average Bonchev–Trinajstić information content (AvgIpc) is 3.39. The quantitative estimate of drug-likeness (QED) is 0.445. The largest absolute Gasteiger partial charge is 3.00 e. The van der Waals surface area contributed by atoms with E-state index >= 15 is 0 Å². The minimum Gasteiger partial charge on any atom is -0.313 e. The van der Waals surface area contributed by atoms with E-state index in [-0.39, 0.29) is 17.4 Å². The van der Waals surface area contributed by atoms with Crippen LogP contribution >= 0.6 is 0 Å². The molecule has 22 heavy (non-hydrogen) atoms. The molecule has 6 fully saturated rings. The first-order valence-electron chi connectivity index (χ1n) is 9.86. The summed E-state index contributed by atoms with van der Waals surface area (Å²) in [6.45, 7) is 0. The SMILES string of the molecule is C1CC2CC[C-]1C2.C1CC2CC[C-]1C2.C1CC2CC[C-]1C2.[Cr+3]. The second-order valence-corrected chi connectivity index (χ2v) is 8.69. The Balaban J connectivity index is 0.0000000960. The van der Waals surface area contributed by atoms with Gasteiger partial charge in [-0.25, -0.2) is 0 Å². The Kier molecular flexibility index (Phi) is 6.37. The van der Waals surface area contributed by atoms with Gasteiger partial charge in [0.15, 0.2) is 0 Å². The fourth-order valence-electron chi connectivity index (χ4n) is 5.71. The molecule has 6 rings (SSSR count). The van der Waals surface area contributed by atoms with Gasteiger partial charge in [0.1, 0.15) is 0 Å². The summed E-state index contributed by atoms with van der Waals surface area (Å²) in [4.78, 5) is 0. The van der Waals surface area contributed by atoms with Gasteiger partial charge in [0.05, 0.1) is 0 Å². The zero-order valence-electron chi connectivity index (χ0n) is 14.2. The van der Waals surface area contributed by atoms with E-state index in [9.17, 15) is 0 Å². The molecule has 123 valence electrons. The second-order valence-electron chi connectivity index (χ2n) is 8.69. The minimum absolute atomic E-state index is 0. The molecular formula is C21H33Cr. The van der Waals surface area contributed by atoms with Crippen molar-refractivity contribution in [2.75, 3.05) is 0 Å². The summed E-state index contributed by atoms with van der Waals surface area (Å²) < 4.78 is 0. The molecular weight excluding hydrogens is 304 g/mol. The van der Waals surface area contributed by atoms with Crippen molar-refractivity contribution in [2.24, 2.45) is 17.8 Å². The van der Waals surface area contributed by atoms with Gasteiger partial charge in [0.2, 0.25) is 0 Å². The van der Waals surface area contributed by atoms with Crippen LogP contribution in [0.1, 0.15) is 96.3 Å². The van der Waals surface area contributed by atoms with E-state index in [1.165, 1.54) is 96.3 Å². The van der Waals surface area contributed by atoms with E-state index in [2.05, 4.69) is 0 Å². The monoisotopic (exact) mass is 337 g/mol. The maximum atomic E-state index is 1.87. The number of hydrogen-bond acceptors (Lipinski definition) is 0. The summed E-state index contributed by atoms with van der Waals surface area (Å²) in [5.41, 5.74) is 0. The Hall–Kier alpha value is 0.532. The Morgan fingerprint density at radius 3 is 0.682 bits per heavy atom. The van der Waals surface area contributed by atoms with Crippen molar-refractivity contribution in [3.05, 3.63) is 17.8 Å². The van der Waals surface area contributed by atoms with Crippen molar-refractivity contribution in [2.45, 2.75) is 96.3 Å². The predicted molar refractivity (Wildman–Crippen MR) is 89.5 cm³/mol. The third-order valence-corrected chi connectivity index (χ3v) is 7.17. The Morgan fingerprint density at radius 2 is 0.636 bits per heavy atom. The van der Waals surface area contributed by atoms with Gasteiger partial charge in [-0.05, 0) is 0 Å². The fraction of sp³-hybridized carbons (Fsp3) is 0.857. The van der Waals surface area contributed by atoms with Crippen molar-refractivity contribution in [3.63, 3.8) is 0 Å². The number of fused-ring (bicyclic) bond motifs is 6. The van der Waals surface area contributed by atoms with Gasteiger partial charge < -0.3 is 17.8 Å². The molecule has 0 aliphatic heterocycles. The first-order chi connectivity index (χ1) is 10.3. The average molecular weight is 337 g/mol. The molecule has 6 aliphatic rings. The van der Waals surface area contributed by atoms with Gasteiger partial charge >= 0.3 is 17.4 Å². The topological polar surface area (TPSA) is 0 Å². The smallest absolute Gasteiger partial charge is 0.313 e. The molecule has 0 amide bonds. The zero-order chi connectivity index (χ0) is 14.1. The summed E-state index contributed by atoms with van der Waals surface area (Å²) in [6.07, 6.45) is 22.5. The summed E-state index contributed by atoms with van der Waals surface area (Å²) in [7, 11) is 0. The molecule has 0 aromatic carbocycles. The van der Waals surface area contributed by atoms with Crippen LogP contribution in [0.2, 0.25) is 0 Å². The normalized spacial score (nSPS) is 31.1.